The van der Waals surface area contributed by atoms with E-state index in [-0.39, 0.29) is 18.1 Å². The maximum Gasteiger partial charge on any atom is 0.228 e. The monoisotopic (exact) mass is 399 g/mol. The summed E-state index contributed by atoms with van der Waals surface area (Å²) in [7, 11) is 0. The summed E-state index contributed by atoms with van der Waals surface area (Å²) >= 11 is 6.17. The number of β-amino-alcohol motifs (C(OH)–C–C–N with tert-alkyl or cyclic N) is 1. The Hall–Kier alpha value is -2.71. The number of hydrogen-bond donors (Lipinski definition) is 3. The van der Waals surface area contributed by atoms with Crippen LogP contribution in [0.4, 0.5) is 17.7 Å². The fourth-order valence-electron chi connectivity index (χ4n) is 3.50. The Bertz CT molecular complexity index is 1010. The molecule has 0 aliphatic carbocycles. The van der Waals surface area contributed by atoms with E-state index in [1.807, 2.05) is 25.1 Å². The number of aliphatic hydroxyl groups is 1. The number of aliphatic hydroxyl groups excluding tert-OH is 1. The van der Waals surface area contributed by atoms with Crippen LogP contribution in [0, 0.1) is 6.92 Å². The van der Waals surface area contributed by atoms with Gasteiger partial charge in [0.25, 0.3) is 0 Å². The van der Waals surface area contributed by atoms with Crippen molar-refractivity contribution >= 4 is 40.2 Å². The number of fused-ring (bicyclic) bond motifs is 1. The van der Waals surface area contributed by atoms with Gasteiger partial charge in [-0.05, 0) is 44.5 Å². The van der Waals surface area contributed by atoms with Crippen molar-refractivity contribution in [3.05, 3.63) is 40.7 Å². The first-order chi connectivity index (χ1) is 13.4. The van der Waals surface area contributed by atoms with Crippen LogP contribution in [0.2, 0.25) is 5.02 Å². The van der Waals surface area contributed by atoms with Crippen molar-refractivity contribution in [2.45, 2.75) is 32.4 Å². The maximum atomic E-state index is 9.99. The minimum atomic E-state index is -0.343. The quantitative estimate of drug-likeness (QED) is 0.613. The average molecular weight is 400 g/mol. The smallest absolute Gasteiger partial charge is 0.228 e. The molecule has 2 aromatic heterocycles. The molecule has 8 nitrogen and oxygen atoms in total. The number of nitrogens with one attached hydrogen (secondary N) is 1. The molecule has 0 radical (unpaired) electrons. The fourth-order valence-corrected chi connectivity index (χ4v) is 3.68. The van der Waals surface area contributed by atoms with Crippen LogP contribution < -0.4 is 16.0 Å². The molecule has 4 N–H and O–H groups in total. The fraction of sp³-hybridized carbons (Fsp3) is 0.368. The lowest BCUT2D eigenvalue weighted by Crippen LogP contribution is -2.25. The van der Waals surface area contributed by atoms with Crippen LogP contribution in [0.5, 0.6) is 0 Å². The average Bonchev–Trinajstić information content (AvgIpc) is 3.06. The van der Waals surface area contributed by atoms with E-state index in [4.69, 9.17) is 22.3 Å². The number of hydrogen-bond acceptors (Lipinski definition) is 8. The zero-order valence-electron chi connectivity index (χ0n) is 15.7. The molecule has 1 aromatic carbocycles. The van der Waals surface area contributed by atoms with Gasteiger partial charge in [-0.15, -0.1) is 0 Å². The lowest BCUT2D eigenvalue weighted by molar-refractivity contribution is 0.198. The molecule has 0 unspecified atom stereocenters. The number of rotatable bonds is 4. The number of nitrogen functional groups attached to an aromatic ring is 1. The first-order valence-corrected chi connectivity index (χ1v) is 9.55. The van der Waals surface area contributed by atoms with Crippen molar-refractivity contribution < 1.29 is 5.11 Å². The summed E-state index contributed by atoms with van der Waals surface area (Å²) < 4.78 is 0. The molecule has 3 heterocycles. The van der Waals surface area contributed by atoms with Crippen molar-refractivity contribution in [1.82, 2.24) is 19.9 Å². The molecular formula is C19H22ClN7O. The van der Waals surface area contributed by atoms with E-state index >= 15 is 0 Å². The standard InChI is InChI=1S/C19H22ClN7O/c1-10(22-19-24-11(2)23-18(21)26-19)15-8-12-7-13(20)3-4-16(12)25-17(15)27-6-5-14(28)9-27/h3-4,7-8,10,14,28H,5-6,9H2,1-2H3,(H3,21,22,23,24,26)/t10-,14-/m0/s1. The third kappa shape index (κ3) is 3.79. The van der Waals surface area contributed by atoms with Crippen LogP contribution in [0.3, 0.4) is 0 Å². The molecule has 1 aliphatic rings. The van der Waals surface area contributed by atoms with Crippen molar-refractivity contribution in [2.24, 2.45) is 0 Å². The van der Waals surface area contributed by atoms with E-state index in [0.29, 0.717) is 23.3 Å². The third-order valence-electron chi connectivity index (χ3n) is 4.82. The van der Waals surface area contributed by atoms with E-state index in [0.717, 1.165) is 35.2 Å². The molecule has 1 saturated heterocycles. The zero-order valence-corrected chi connectivity index (χ0v) is 16.5. The predicted molar refractivity (Wildman–Crippen MR) is 111 cm³/mol. The van der Waals surface area contributed by atoms with E-state index in [2.05, 4.69) is 31.2 Å². The molecular weight excluding hydrogens is 378 g/mol. The lowest BCUT2D eigenvalue weighted by Gasteiger charge is -2.24. The molecule has 1 aliphatic heterocycles. The van der Waals surface area contributed by atoms with Crippen LogP contribution in [0.15, 0.2) is 24.3 Å². The highest BCUT2D eigenvalue weighted by atomic mass is 35.5. The Kier molecular flexibility index (Phi) is 4.91. The van der Waals surface area contributed by atoms with Gasteiger partial charge in [0, 0.05) is 29.1 Å². The number of nitrogens with zero attached hydrogens (tertiary/aromatic N) is 5. The Morgan fingerprint density at radius 3 is 2.79 bits per heavy atom. The van der Waals surface area contributed by atoms with Gasteiger partial charge >= 0.3 is 0 Å². The van der Waals surface area contributed by atoms with Crippen LogP contribution in [-0.2, 0) is 0 Å². The van der Waals surface area contributed by atoms with Gasteiger partial charge in [-0.2, -0.15) is 15.0 Å². The van der Waals surface area contributed by atoms with Crippen LogP contribution >= 0.6 is 11.6 Å². The minimum Gasteiger partial charge on any atom is -0.391 e. The van der Waals surface area contributed by atoms with Gasteiger partial charge in [0.05, 0.1) is 17.7 Å². The van der Waals surface area contributed by atoms with Gasteiger partial charge in [-0.25, -0.2) is 4.98 Å². The first-order valence-electron chi connectivity index (χ1n) is 9.17. The van der Waals surface area contributed by atoms with Gasteiger partial charge in [0.15, 0.2) is 0 Å². The third-order valence-corrected chi connectivity index (χ3v) is 5.06. The number of aryl methyl sites for hydroxylation is 1. The number of benzene rings is 1. The molecule has 1 fully saturated rings. The van der Waals surface area contributed by atoms with Crippen LogP contribution in [0.25, 0.3) is 10.9 Å². The molecule has 0 bridgehead atoms. The summed E-state index contributed by atoms with van der Waals surface area (Å²) in [6.45, 7) is 5.09. The molecule has 2 atom stereocenters. The summed E-state index contributed by atoms with van der Waals surface area (Å²) in [4.78, 5) is 19.5. The maximum absolute atomic E-state index is 9.99. The normalized spacial score (nSPS) is 17.9. The largest absolute Gasteiger partial charge is 0.391 e. The number of aromatic nitrogens is 4. The van der Waals surface area contributed by atoms with Crippen molar-refractivity contribution in [1.29, 1.82) is 0 Å². The summed E-state index contributed by atoms with van der Waals surface area (Å²) in [6, 6.07) is 7.56. The molecule has 0 amide bonds. The van der Waals surface area contributed by atoms with Crippen molar-refractivity contribution in [3.63, 3.8) is 0 Å². The van der Waals surface area contributed by atoms with E-state index in [1.165, 1.54) is 0 Å². The SMILES string of the molecule is Cc1nc(N)nc(N[C@@H](C)c2cc3cc(Cl)ccc3nc2N2CC[C@H](O)C2)n1. The first kappa shape index (κ1) is 18.6. The summed E-state index contributed by atoms with van der Waals surface area (Å²) in [6.07, 6.45) is 0.384. The van der Waals surface area contributed by atoms with Crippen LogP contribution in [-0.4, -0.2) is 44.2 Å². The number of pyridine rings is 1. The zero-order chi connectivity index (χ0) is 19.8. The van der Waals surface area contributed by atoms with E-state index < -0.39 is 0 Å². The second-order valence-electron chi connectivity index (χ2n) is 7.06. The van der Waals surface area contributed by atoms with E-state index in [1.54, 1.807) is 6.92 Å². The van der Waals surface area contributed by atoms with Crippen molar-refractivity contribution in [2.75, 3.05) is 29.0 Å². The molecule has 4 rings (SSSR count). The topological polar surface area (TPSA) is 113 Å². The van der Waals surface area contributed by atoms with Gasteiger partial charge in [-0.3, -0.25) is 0 Å². The number of nitrogens with two attached hydrogens (primary N) is 1. The highest BCUT2D eigenvalue weighted by molar-refractivity contribution is 6.31. The highest BCUT2D eigenvalue weighted by Crippen LogP contribution is 2.32. The minimum absolute atomic E-state index is 0.148. The molecule has 3 aromatic rings. The second kappa shape index (κ2) is 7.37. The van der Waals surface area contributed by atoms with Crippen molar-refractivity contribution in [3.8, 4) is 0 Å². The second-order valence-corrected chi connectivity index (χ2v) is 7.49. The highest BCUT2D eigenvalue weighted by Gasteiger charge is 2.26. The van der Waals surface area contributed by atoms with Gasteiger partial charge in [0.1, 0.15) is 11.6 Å². The molecule has 146 valence electrons. The predicted octanol–water partition coefficient (Wildman–Crippen LogP) is 2.71. The molecule has 0 saturated carbocycles. The molecule has 0 spiro atoms. The van der Waals surface area contributed by atoms with E-state index in [9.17, 15) is 5.11 Å². The van der Waals surface area contributed by atoms with Gasteiger partial charge in [0.2, 0.25) is 11.9 Å². The lowest BCUT2D eigenvalue weighted by atomic mass is 10.1. The summed E-state index contributed by atoms with van der Waals surface area (Å²) in [5, 5.41) is 14.9. The van der Waals surface area contributed by atoms with Gasteiger partial charge in [-0.1, -0.05) is 11.6 Å². The van der Waals surface area contributed by atoms with Gasteiger partial charge < -0.3 is 21.1 Å². The Morgan fingerprint density at radius 1 is 1.25 bits per heavy atom. The summed E-state index contributed by atoms with van der Waals surface area (Å²) in [5.41, 5.74) is 7.58. The Balaban J connectivity index is 1.76. The Labute approximate surface area is 167 Å². The number of halogens is 1. The Morgan fingerprint density at radius 2 is 2.07 bits per heavy atom. The number of anilines is 3. The summed E-state index contributed by atoms with van der Waals surface area (Å²) in [5.74, 6) is 1.98. The van der Waals surface area contributed by atoms with Crippen LogP contribution in [0.1, 0.15) is 30.8 Å². The molecule has 28 heavy (non-hydrogen) atoms. The molecule has 9 heteroatoms.